The summed E-state index contributed by atoms with van der Waals surface area (Å²) in [6, 6.07) is 3.55. The molecule has 1 aromatic heterocycles. The van der Waals surface area contributed by atoms with Crippen LogP contribution in [0.5, 0.6) is 0 Å². The van der Waals surface area contributed by atoms with Crippen LogP contribution < -0.4 is 5.32 Å². The summed E-state index contributed by atoms with van der Waals surface area (Å²) in [6.45, 7) is 5.22. The second-order valence-corrected chi connectivity index (χ2v) is 6.10. The monoisotopic (exact) mass is 296 g/mol. The zero-order chi connectivity index (χ0) is 14.1. The van der Waals surface area contributed by atoms with Crippen molar-refractivity contribution in [2.45, 2.75) is 6.04 Å². The van der Waals surface area contributed by atoms with Crippen molar-refractivity contribution in [3.8, 4) is 0 Å². The Morgan fingerprint density at radius 2 is 2.00 bits per heavy atom. The molecule has 2 fully saturated rings. The van der Waals surface area contributed by atoms with E-state index in [4.69, 9.17) is 0 Å². The molecule has 3 heterocycles. The van der Waals surface area contributed by atoms with Crippen molar-refractivity contribution in [3.05, 3.63) is 27.1 Å². The Balaban J connectivity index is 1.59. The normalized spacial score (nSPS) is 20.7. The first-order valence-electron chi connectivity index (χ1n) is 6.63. The molecule has 2 aliphatic heterocycles. The van der Waals surface area contributed by atoms with Gasteiger partial charge in [-0.05, 0) is 6.07 Å². The third-order valence-corrected chi connectivity index (χ3v) is 4.89. The molecule has 0 atom stereocenters. The Labute approximate surface area is 120 Å². The molecule has 0 unspecified atom stereocenters. The van der Waals surface area contributed by atoms with Crippen LogP contribution >= 0.6 is 11.3 Å². The fourth-order valence-electron chi connectivity index (χ4n) is 2.52. The fraction of sp³-hybridized carbons (Fsp3) is 0.583. The first kappa shape index (κ1) is 13.5. The van der Waals surface area contributed by atoms with Crippen molar-refractivity contribution in [2.75, 3.05) is 39.3 Å². The van der Waals surface area contributed by atoms with Crippen LogP contribution in [0.1, 0.15) is 9.67 Å². The van der Waals surface area contributed by atoms with Gasteiger partial charge in [0.25, 0.3) is 5.91 Å². The van der Waals surface area contributed by atoms with E-state index >= 15 is 0 Å². The van der Waals surface area contributed by atoms with Crippen LogP contribution in [-0.4, -0.2) is 65.9 Å². The van der Waals surface area contributed by atoms with E-state index in [1.165, 1.54) is 6.07 Å². The highest BCUT2D eigenvalue weighted by molar-refractivity contribution is 7.17. The number of amides is 1. The SMILES string of the molecule is O=C(c1ccc([N+](=O)[O-])s1)N1CCN(C2CNC2)CC1. The van der Waals surface area contributed by atoms with E-state index in [9.17, 15) is 14.9 Å². The number of hydrogen-bond acceptors (Lipinski definition) is 6. The Morgan fingerprint density at radius 3 is 2.50 bits per heavy atom. The van der Waals surface area contributed by atoms with E-state index < -0.39 is 4.92 Å². The van der Waals surface area contributed by atoms with Gasteiger partial charge < -0.3 is 10.2 Å². The summed E-state index contributed by atoms with van der Waals surface area (Å²) in [5, 5.41) is 13.9. The molecule has 0 aromatic carbocycles. The second-order valence-electron chi connectivity index (χ2n) is 5.04. The topological polar surface area (TPSA) is 78.7 Å². The zero-order valence-corrected chi connectivity index (χ0v) is 11.8. The maximum absolute atomic E-state index is 12.3. The highest BCUT2D eigenvalue weighted by Gasteiger charge is 2.30. The van der Waals surface area contributed by atoms with Crippen LogP contribution in [0.25, 0.3) is 0 Å². The van der Waals surface area contributed by atoms with Crippen LogP contribution in [-0.2, 0) is 0 Å². The van der Waals surface area contributed by atoms with Gasteiger partial charge in [-0.25, -0.2) is 0 Å². The summed E-state index contributed by atoms with van der Waals surface area (Å²) < 4.78 is 0. The van der Waals surface area contributed by atoms with Crippen molar-refractivity contribution in [1.82, 2.24) is 15.1 Å². The molecule has 2 saturated heterocycles. The smallest absolute Gasteiger partial charge is 0.324 e. The Morgan fingerprint density at radius 1 is 1.30 bits per heavy atom. The highest BCUT2D eigenvalue weighted by atomic mass is 32.1. The molecule has 108 valence electrons. The van der Waals surface area contributed by atoms with Crippen LogP contribution in [0.2, 0.25) is 0 Å². The Hall–Kier alpha value is -1.51. The lowest BCUT2D eigenvalue weighted by Crippen LogP contribution is -2.62. The number of rotatable bonds is 3. The highest BCUT2D eigenvalue weighted by Crippen LogP contribution is 2.25. The molecule has 3 rings (SSSR count). The molecule has 1 aromatic rings. The quantitative estimate of drug-likeness (QED) is 0.644. The molecule has 0 radical (unpaired) electrons. The van der Waals surface area contributed by atoms with E-state index in [1.807, 2.05) is 0 Å². The lowest BCUT2D eigenvalue weighted by molar-refractivity contribution is -0.380. The molecule has 1 amide bonds. The minimum atomic E-state index is -0.455. The number of piperazine rings is 1. The van der Waals surface area contributed by atoms with Gasteiger partial charge in [-0.3, -0.25) is 19.8 Å². The lowest BCUT2D eigenvalue weighted by atomic mass is 10.1. The van der Waals surface area contributed by atoms with E-state index in [0.717, 1.165) is 37.5 Å². The average molecular weight is 296 g/mol. The second kappa shape index (κ2) is 5.47. The summed E-state index contributed by atoms with van der Waals surface area (Å²) in [5.74, 6) is -0.0884. The number of nitrogens with zero attached hydrogens (tertiary/aromatic N) is 3. The fourth-order valence-corrected chi connectivity index (χ4v) is 3.31. The van der Waals surface area contributed by atoms with E-state index in [0.29, 0.717) is 24.0 Å². The zero-order valence-electron chi connectivity index (χ0n) is 10.9. The van der Waals surface area contributed by atoms with Gasteiger partial charge >= 0.3 is 5.00 Å². The predicted molar refractivity (Wildman–Crippen MR) is 75.1 cm³/mol. The van der Waals surface area contributed by atoms with Gasteiger partial charge in [0.1, 0.15) is 0 Å². The van der Waals surface area contributed by atoms with Gasteiger partial charge in [-0.1, -0.05) is 11.3 Å². The van der Waals surface area contributed by atoms with E-state index in [2.05, 4.69) is 10.2 Å². The molecular weight excluding hydrogens is 280 g/mol. The van der Waals surface area contributed by atoms with Crippen molar-refractivity contribution in [1.29, 1.82) is 0 Å². The maximum atomic E-state index is 12.3. The molecule has 1 N–H and O–H groups in total. The van der Waals surface area contributed by atoms with E-state index in [-0.39, 0.29) is 10.9 Å². The van der Waals surface area contributed by atoms with Gasteiger partial charge in [0.15, 0.2) is 0 Å². The van der Waals surface area contributed by atoms with Gasteiger partial charge in [-0.2, -0.15) is 0 Å². The predicted octanol–water partition coefficient (Wildman–Crippen LogP) is 0.386. The molecule has 0 spiro atoms. The summed E-state index contributed by atoms with van der Waals surface area (Å²) in [4.78, 5) is 27.1. The van der Waals surface area contributed by atoms with E-state index in [1.54, 1.807) is 11.0 Å². The number of hydrogen-bond donors (Lipinski definition) is 1. The first-order chi connectivity index (χ1) is 9.65. The van der Waals surface area contributed by atoms with Gasteiger partial charge in [-0.15, -0.1) is 0 Å². The number of nitrogens with one attached hydrogen (secondary N) is 1. The third kappa shape index (κ3) is 2.54. The molecular formula is C12H16N4O3S. The molecule has 0 saturated carbocycles. The molecule has 20 heavy (non-hydrogen) atoms. The Kier molecular flexibility index (Phi) is 3.68. The molecule has 7 nitrogen and oxygen atoms in total. The van der Waals surface area contributed by atoms with Crippen molar-refractivity contribution < 1.29 is 9.72 Å². The standard InChI is InChI=1S/C12H16N4O3S/c17-12(10-1-2-11(20-10)16(18)19)15-5-3-14(4-6-15)9-7-13-8-9/h1-2,9,13H,3-8H2. The third-order valence-electron chi connectivity index (χ3n) is 3.86. The number of thiophene rings is 1. The van der Waals surface area contributed by atoms with Crippen LogP contribution in [0, 0.1) is 10.1 Å². The summed E-state index contributed by atoms with van der Waals surface area (Å²) >= 11 is 0.952. The van der Waals surface area contributed by atoms with Crippen molar-refractivity contribution >= 4 is 22.2 Å². The molecule has 0 aliphatic carbocycles. The van der Waals surface area contributed by atoms with Gasteiger partial charge in [0.05, 0.1) is 9.80 Å². The van der Waals surface area contributed by atoms with Crippen LogP contribution in [0.4, 0.5) is 5.00 Å². The molecule has 8 heteroatoms. The van der Waals surface area contributed by atoms with Crippen LogP contribution in [0.3, 0.4) is 0 Å². The number of carbonyl (C=O) groups is 1. The van der Waals surface area contributed by atoms with Crippen molar-refractivity contribution in [3.63, 3.8) is 0 Å². The van der Waals surface area contributed by atoms with Gasteiger partial charge in [0, 0.05) is 51.4 Å². The minimum Gasteiger partial charge on any atom is -0.335 e. The molecule has 2 aliphatic rings. The van der Waals surface area contributed by atoms with Crippen molar-refractivity contribution in [2.24, 2.45) is 0 Å². The summed E-state index contributed by atoms with van der Waals surface area (Å²) in [5.41, 5.74) is 0. The molecule has 0 bridgehead atoms. The number of nitro groups is 1. The van der Waals surface area contributed by atoms with Gasteiger partial charge in [0.2, 0.25) is 0 Å². The number of carbonyl (C=O) groups excluding carboxylic acids is 1. The first-order valence-corrected chi connectivity index (χ1v) is 7.45. The summed E-state index contributed by atoms with van der Waals surface area (Å²) in [7, 11) is 0. The largest absolute Gasteiger partial charge is 0.335 e. The Bertz CT molecular complexity index is 521. The maximum Gasteiger partial charge on any atom is 0.324 e. The summed E-state index contributed by atoms with van der Waals surface area (Å²) in [6.07, 6.45) is 0. The van der Waals surface area contributed by atoms with Crippen LogP contribution in [0.15, 0.2) is 12.1 Å². The minimum absolute atomic E-state index is 0.0209. The lowest BCUT2D eigenvalue weighted by Gasteiger charge is -2.43. The average Bonchev–Trinajstić information content (AvgIpc) is 2.86.